The molecule has 6 heteroatoms. The van der Waals surface area contributed by atoms with Crippen LogP contribution < -0.4 is 5.32 Å². The van der Waals surface area contributed by atoms with E-state index in [9.17, 15) is 9.59 Å². The average molecular weight is 329 g/mol. The van der Waals surface area contributed by atoms with Crippen molar-refractivity contribution in [2.24, 2.45) is 5.41 Å². The highest BCUT2D eigenvalue weighted by atomic mass is 79.9. The summed E-state index contributed by atoms with van der Waals surface area (Å²) in [4.78, 5) is 23.1. The molecule has 0 radical (unpaired) electrons. The van der Waals surface area contributed by atoms with E-state index < -0.39 is 11.4 Å². The monoisotopic (exact) mass is 328 g/mol. The maximum absolute atomic E-state index is 12.1. The quantitative estimate of drug-likeness (QED) is 0.871. The van der Waals surface area contributed by atoms with Gasteiger partial charge in [-0.3, -0.25) is 9.59 Å². The van der Waals surface area contributed by atoms with E-state index in [0.717, 1.165) is 17.3 Å². The van der Waals surface area contributed by atoms with Crippen LogP contribution in [0.1, 0.15) is 43.2 Å². The van der Waals surface area contributed by atoms with Crippen molar-refractivity contribution in [3.63, 3.8) is 0 Å². The molecule has 1 amide bonds. The van der Waals surface area contributed by atoms with Gasteiger partial charge in [-0.25, -0.2) is 0 Å². The number of nitrogens with zero attached hydrogens (tertiary/aromatic N) is 1. The molecule has 104 valence electrons. The number of carboxylic acids is 1. The van der Waals surface area contributed by atoms with Gasteiger partial charge in [-0.05, 0) is 48.7 Å². The summed E-state index contributed by atoms with van der Waals surface area (Å²) in [5.74, 6) is -1.15. The highest BCUT2D eigenvalue weighted by Crippen LogP contribution is 2.37. The lowest BCUT2D eigenvalue weighted by molar-refractivity contribution is -0.146. The number of carbonyl (C=O) groups excluding carboxylic acids is 1. The van der Waals surface area contributed by atoms with Gasteiger partial charge in [0.15, 0.2) is 0 Å². The van der Waals surface area contributed by atoms with E-state index in [1.54, 1.807) is 19.9 Å². The van der Waals surface area contributed by atoms with Crippen LogP contribution >= 0.6 is 15.9 Å². The molecule has 5 nitrogen and oxygen atoms in total. The molecule has 2 N–H and O–H groups in total. The lowest BCUT2D eigenvalue weighted by Crippen LogP contribution is -2.39. The summed E-state index contributed by atoms with van der Waals surface area (Å²) in [5, 5.41) is 11.7. The Morgan fingerprint density at radius 2 is 2.16 bits per heavy atom. The van der Waals surface area contributed by atoms with Crippen molar-refractivity contribution < 1.29 is 14.7 Å². The number of aromatic nitrogens is 1. The van der Waals surface area contributed by atoms with Gasteiger partial charge in [0.05, 0.1) is 5.41 Å². The van der Waals surface area contributed by atoms with Crippen molar-refractivity contribution in [1.82, 2.24) is 9.88 Å². The Hall–Kier alpha value is -1.30. The third-order valence-electron chi connectivity index (χ3n) is 3.26. The maximum Gasteiger partial charge on any atom is 0.310 e. The first-order valence-electron chi connectivity index (χ1n) is 6.20. The number of carboxylic acid groups (broad SMARTS) is 1. The van der Waals surface area contributed by atoms with E-state index in [2.05, 4.69) is 21.2 Å². The molecule has 0 bridgehead atoms. The molecule has 0 atom stereocenters. The molecular weight excluding hydrogens is 312 g/mol. The first-order valence-corrected chi connectivity index (χ1v) is 6.99. The molecule has 0 aromatic carbocycles. The maximum atomic E-state index is 12.1. The average Bonchev–Trinajstić information content (AvgIpc) is 3.09. The Balaban J connectivity index is 2.06. The molecule has 0 unspecified atom stereocenters. The molecule has 1 aliphatic rings. The Bertz CT molecular complexity index is 518. The van der Waals surface area contributed by atoms with Gasteiger partial charge in [0.1, 0.15) is 5.69 Å². The highest BCUT2D eigenvalue weighted by molar-refractivity contribution is 9.10. The van der Waals surface area contributed by atoms with Gasteiger partial charge in [0, 0.05) is 23.3 Å². The number of carbonyl (C=O) groups is 2. The Morgan fingerprint density at radius 1 is 1.53 bits per heavy atom. The fourth-order valence-electron chi connectivity index (χ4n) is 1.75. The van der Waals surface area contributed by atoms with Crippen LogP contribution in [0.15, 0.2) is 16.7 Å². The van der Waals surface area contributed by atoms with Crippen LogP contribution in [0.2, 0.25) is 0 Å². The fourth-order valence-corrected chi connectivity index (χ4v) is 2.19. The van der Waals surface area contributed by atoms with Crippen LogP contribution in [0.4, 0.5) is 0 Å². The molecule has 1 fully saturated rings. The number of rotatable bonds is 5. The predicted molar refractivity (Wildman–Crippen MR) is 74.2 cm³/mol. The molecule has 2 rings (SSSR count). The number of aliphatic carboxylic acids is 1. The van der Waals surface area contributed by atoms with Crippen LogP contribution in [0.3, 0.4) is 0 Å². The summed E-state index contributed by atoms with van der Waals surface area (Å²) in [7, 11) is 0. The lowest BCUT2D eigenvalue weighted by Gasteiger charge is -2.19. The first kappa shape index (κ1) is 14.1. The van der Waals surface area contributed by atoms with Gasteiger partial charge in [-0.15, -0.1) is 0 Å². The predicted octanol–water partition coefficient (Wildman–Crippen LogP) is 2.43. The van der Waals surface area contributed by atoms with Crippen LogP contribution in [-0.2, 0) is 4.79 Å². The zero-order valence-electron chi connectivity index (χ0n) is 10.9. The van der Waals surface area contributed by atoms with Crippen molar-refractivity contribution in [2.75, 3.05) is 6.54 Å². The van der Waals surface area contributed by atoms with E-state index in [1.165, 1.54) is 0 Å². The van der Waals surface area contributed by atoms with Crippen molar-refractivity contribution in [1.29, 1.82) is 0 Å². The molecule has 0 spiro atoms. The Morgan fingerprint density at radius 3 is 2.68 bits per heavy atom. The standard InChI is InChI=1S/C13H17BrN2O3/c1-13(2,12(18)19)7-15-11(17)10-5-8(14)6-16(10)9-3-4-9/h5-6,9H,3-4,7H2,1-2H3,(H,15,17)(H,18,19). The van der Waals surface area contributed by atoms with E-state index >= 15 is 0 Å². The van der Waals surface area contributed by atoms with Crippen LogP contribution in [0.25, 0.3) is 0 Å². The SMILES string of the molecule is CC(C)(CNC(=O)c1cc(Br)cn1C1CC1)C(=O)O. The molecule has 1 aliphatic carbocycles. The largest absolute Gasteiger partial charge is 0.481 e. The number of hydrogen-bond donors (Lipinski definition) is 2. The first-order chi connectivity index (χ1) is 8.81. The van der Waals surface area contributed by atoms with Gasteiger partial charge in [0.25, 0.3) is 5.91 Å². The van der Waals surface area contributed by atoms with Gasteiger partial charge in [-0.1, -0.05) is 0 Å². The molecule has 19 heavy (non-hydrogen) atoms. The zero-order chi connectivity index (χ0) is 14.2. The minimum absolute atomic E-state index is 0.106. The van der Waals surface area contributed by atoms with E-state index in [4.69, 9.17) is 5.11 Å². The molecule has 1 aromatic heterocycles. The Kier molecular flexibility index (Phi) is 3.71. The third-order valence-corrected chi connectivity index (χ3v) is 3.69. The summed E-state index contributed by atoms with van der Waals surface area (Å²) in [5.41, 5.74) is -0.389. The van der Waals surface area contributed by atoms with Crippen molar-refractivity contribution in [3.05, 3.63) is 22.4 Å². The van der Waals surface area contributed by atoms with Crippen molar-refractivity contribution in [2.45, 2.75) is 32.7 Å². The molecular formula is C13H17BrN2O3. The van der Waals surface area contributed by atoms with Gasteiger partial charge < -0.3 is 15.0 Å². The summed E-state index contributed by atoms with van der Waals surface area (Å²) < 4.78 is 2.81. The number of amides is 1. The second kappa shape index (κ2) is 5.00. The van der Waals surface area contributed by atoms with E-state index in [1.807, 2.05) is 10.8 Å². The van der Waals surface area contributed by atoms with Crippen LogP contribution in [-0.4, -0.2) is 28.1 Å². The van der Waals surface area contributed by atoms with Crippen molar-refractivity contribution in [3.8, 4) is 0 Å². The fraction of sp³-hybridized carbons (Fsp3) is 0.538. The van der Waals surface area contributed by atoms with Crippen LogP contribution in [0.5, 0.6) is 0 Å². The minimum atomic E-state index is -0.968. The van der Waals surface area contributed by atoms with E-state index in [0.29, 0.717) is 11.7 Å². The van der Waals surface area contributed by atoms with Gasteiger partial charge in [-0.2, -0.15) is 0 Å². The third kappa shape index (κ3) is 3.18. The second-order valence-corrected chi connectivity index (χ2v) is 6.47. The zero-order valence-corrected chi connectivity index (χ0v) is 12.5. The smallest absolute Gasteiger partial charge is 0.310 e. The Labute approximate surface area is 120 Å². The number of nitrogens with one attached hydrogen (secondary N) is 1. The van der Waals surface area contributed by atoms with Crippen molar-refractivity contribution >= 4 is 27.8 Å². The summed E-state index contributed by atoms with van der Waals surface area (Å²) in [6.07, 6.45) is 4.07. The molecule has 0 aliphatic heterocycles. The molecule has 1 heterocycles. The molecule has 1 aromatic rings. The summed E-state index contributed by atoms with van der Waals surface area (Å²) in [6.45, 7) is 3.28. The number of halogens is 1. The minimum Gasteiger partial charge on any atom is -0.481 e. The molecule has 1 saturated carbocycles. The van der Waals surface area contributed by atoms with Gasteiger partial charge in [0.2, 0.25) is 0 Å². The van der Waals surface area contributed by atoms with E-state index in [-0.39, 0.29) is 12.5 Å². The summed E-state index contributed by atoms with van der Waals surface area (Å²) >= 11 is 3.37. The highest BCUT2D eigenvalue weighted by Gasteiger charge is 2.30. The topological polar surface area (TPSA) is 71.3 Å². The summed E-state index contributed by atoms with van der Waals surface area (Å²) in [6, 6.07) is 2.17. The normalized spacial score (nSPS) is 15.3. The lowest BCUT2D eigenvalue weighted by atomic mass is 9.94. The van der Waals surface area contributed by atoms with Crippen LogP contribution in [0, 0.1) is 5.41 Å². The van der Waals surface area contributed by atoms with Gasteiger partial charge >= 0.3 is 5.97 Å². The molecule has 0 saturated heterocycles. The number of hydrogen-bond acceptors (Lipinski definition) is 2. The second-order valence-electron chi connectivity index (χ2n) is 5.55.